The molecule has 0 saturated carbocycles. The number of H-pyrrole nitrogens is 1. The van der Waals surface area contributed by atoms with Crippen LogP contribution in [-0.2, 0) is 4.74 Å². The molecule has 0 spiro atoms. The lowest BCUT2D eigenvalue weighted by molar-refractivity contribution is 0.0203. The summed E-state index contributed by atoms with van der Waals surface area (Å²) in [4.78, 5) is 18.3. The zero-order valence-corrected chi connectivity index (χ0v) is 14.8. The lowest BCUT2D eigenvalue weighted by Crippen LogP contribution is -2.41. The van der Waals surface area contributed by atoms with E-state index in [1.165, 1.54) is 6.07 Å². The number of likely N-dealkylation sites (tertiary alicyclic amines) is 1. The number of benzene rings is 1. The average Bonchev–Trinajstić information content (AvgIpc) is 3.03. The smallest absolute Gasteiger partial charge is 0.410 e. The number of nitrogens with one attached hydrogen (secondary N) is 1. The van der Waals surface area contributed by atoms with E-state index >= 15 is 0 Å². The van der Waals surface area contributed by atoms with Crippen LogP contribution in [0, 0.1) is 5.82 Å². The van der Waals surface area contributed by atoms with Crippen molar-refractivity contribution in [3.8, 4) is 11.4 Å². The predicted molar refractivity (Wildman–Crippen MR) is 91.6 cm³/mol. The number of rotatable bonds is 2. The maximum atomic E-state index is 13.9. The number of ether oxygens (including phenoxy) is 1. The quantitative estimate of drug-likeness (QED) is 0.899. The number of hydrogen-bond acceptors (Lipinski definition) is 4. The third-order valence-corrected chi connectivity index (χ3v) is 4.15. The van der Waals surface area contributed by atoms with E-state index in [1.807, 2.05) is 20.8 Å². The van der Waals surface area contributed by atoms with Crippen LogP contribution in [0.15, 0.2) is 24.3 Å². The predicted octanol–water partition coefficient (Wildman–Crippen LogP) is 3.73. The van der Waals surface area contributed by atoms with Crippen LogP contribution in [0.4, 0.5) is 9.18 Å². The minimum absolute atomic E-state index is 0.173. The second-order valence-electron chi connectivity index (χ2n) is 7.27. The number of nitrogens with zero attached hydrogens (tertiary/aromatic N) is 3. The lowest BCUT2D eigenvalue weighted by atomic mass is 9.96. The van der Waals surface area contributed by atoms with Gasteiger partial charge in [0, 0.05) is 19.0 Å². The normalized spacial score (nSPS) is 16.1. The van der Waals surface area contributed by atoms with Gasteiger partial charge in [-0.05, 0) is 45.7 Å². The van der Waals surface area contributed by atoms with E-state index in [2.05, 4.69) is 15.2 Å². The van der Waals surface area contributed by atoms with Crippen LogP contribution in [0.2, 0.25) is 0 Å². The third kappa shape index (κ3) is 4.15. The van der Waals surface area contributed by atoms with Crippen molar-refractivity contribution < 1.29 is 13.9 Å². The summed E-state index contributed by atoms with van der Waals surface area (Å²) < 4.78 is 19.3. The SMILES string of the molecule is CC(C)(C)OC(=O)N1CCC(c2nc(-c3ccccc3F)n[nH]2)CC1. The van der Waals surface area contributed by atoms with Gasteiger partial charge >= 0.3 is 6.09 Å². The van der Waals surface area contributed by atoms with Crippen LogP contribution in [-0.4, -0.2) is 44.9 Å². The van der Waals surface area contributed by atoms with Crippen molar-refractivity contribution in [1.29, 1.82) is 0 Å². The molecule has 1 N–H and O–H groups in total. The molecule has 0 bridgehead atoms. The minimum Gasteiger partial charge on any atom is -0.444 e. The lowest BCUT2D eigenvalue weighted by Gasteiger charge is -2.32. The molecule has 1 aromatic heterocycles. The van der Waals surface area contributed by atoms with Crippen LogP contribution in [0.3, 0.4) is 0 Å². The van der Waals surface area contributed by atoms with Crippen molar-refractivity contribution >= 4 is 6.09 Å². The molecule has 1 fully saturated rings. The van der Waals surface area contributed by atoms with Gasteiger partial charge in [-0.25, -0.2) is 14.2 Å². The van der Waals surface area contributed by atoms with Gasteiger partial charge in [0.25, 0.3) is 0 Å². The number of amides is 1. The zero-order valence-electron chi connectivity index (χ0n) is 14.8. The van der Waals surface area contributed by atoms with E-state index < -0.39 is 5.60 Å². The largest absolute Gasteiger partial charge is 0.444 e. The first-order valence-electron chi connectivity index (χ1n) is 8.48. The van der Waals surface area contributed by atoms with Gasteiger partial charge in [-0.2, -0.15) is 5.10 Å². The first kappa shape index (κ1) is 17.4. The highest BCUT2D eigenvalue weighted by molar-refractivity contribution is 5.68. The van der Waals surface area contributed by atoms with Crippen molar-refractivity contribution in [3.63, 3.8) is 0 Å². The molecule has 2 heterocycles. The van der Waals surface area contributed by atoms with Crippen molar-refractivity contribution in [2.45, 2.75) is 45.1 Å². The molecule has 1 saturated heterocycles. The van der Waals surface area contributed by atoms with Crippen molar-refractivity contribution in [3.05, 3.63) is 35.9 Å². The second kappa shape index (κ2) is 6.82. The number of carbonyl (C=O) groups is 1. The summed E-state index contributed by atoms with van der Waals surface area (Å²) in [6, 6.07) is 6.45. The average molecular weight is 346 g/mol. The maximum Gasteiger partial charge on any atom is 0.410 e. The Labute approximate surface area is 146 Å². The van der Waals surface area contributed by atoms with Crippen molar-refractivity contribution in [1.82, 2.24) is 20.1 Å². The Morgan fingerprint density at radius 2 is 1.96 bits per heavy atom. The minimum atomic E-state index is -0.493. The van der Waals surface area contributed by atoms with Crippen LogP contribution in [0.1, 0.15) is 45.4 Å². The van der Waals surface area contributed by atoms with Crippen LogP contribution < -0.4 is 0 Å². The Morgan fingerprint density at radius 1 is 1.28 bits per heavy atom. The summed E-state index contributed by atoms with van der Waals surface area (Å²) in [5, 5.41) is 7.06. The Morgan fingerprint density at radius 3 is 2.60 bits per heavy atom. The fourth-order valence-electron chi connectivity index (χ4n) is 2.88. The summed E-state index contributed by atoms with van der Waals surface area (Å²) in [5.74, 6) is 0.935. The number of aromatic amines is 1. The van der Waals surface area contributed by atoms with Gasteiger partial charge in [0.15, 0.2) is 5.82 Å². The molecule has 1 aliphatic heterocycles. The number of carbonyl (C=O) groups excluding carboxylic acids is 1. The molecule has 1 amide bonds. The Bertz CT molecular complexity index is 746. The van der Waals surface area contributed by atoms with Gasteiger partial charge in [0.1, 0.15) is 17.2 Å². The molecule has 0 atom stereocenters. The highest BCUT2D eigenvalue weighted by Crippen LogP contribution is 2.28. The fourth-order valence-corrected chi connectivity index (χ4v) is 2.88. The molecule has 6 nitrogen and oxygen atoms in total. The number of hydrogen-bond donors (Lipinski definition) is 1. The summed E-state index contributed by atoms with van der Waals surface area (Å²) in [6.45, 7) is 6.79. The fraction of sp³-hybridized carbons (Fsp3) is 0.500. The third-order valence-electron chi connectivity index (χ3n) is 4.15. The van der Waals surface area contributed by atoms with E-state index in [0.717, 1.165) is 18.7 Å². The van der Waals surface area contributed by atoms with Gasteiger partial charge in [-0.1, -0.05) is 12.1 Å². The summed E-state index contributed by atoms with van der Waals surface area (Å²) in [5.41, 5.74) is -0.107. The van der Waals surface area contributed by atoms with Crippen LogP contribution >= 0.6 is 0 Å². The standard InChI is InChI=1S/C18H23FN4O2/c1-18(2,3)25-17(24)23-10-8-12(9-11-23)15-20-16(22-21-15)13-6-4-5-7-14(13)19/h4-7,12H,8-11H2,1-3H3,(H,20,21,22). The summed E-state index contributed by atoms with van der Waals surface area (Å²) in [7, 11) is 0. The molecule has 0 aliphatic carbocycles. The monoisotopic (exact) mass is 346 g/mol. The summed E-state index contributed by atoms with van der Waals surface area (Å²) >= 11 is 0. The first-order chi connectivity index (χ1) is 11.8. The van der Waals surface area contributed by atoms with E-state index in [4.69, 9.17) is 4.74 Å². The first-order valence-corrected chi connectivity index (χ1v) is 8.48. The number of halogens is 1. The molecule has 1 aromatic carbocycles. The van der Waals surface area contributed by atoms with Crippen LogP contribution in [0.25, 0.3) is 11.4 Å². The highest BCUT2D eigenvalue weighted by atomic mass is 19.1. The van der Waals surface area contributed by atoms with Gasteiger partial charge in [-0.3, -0.25) is 5.10 Å². The molecular formula is C18H23FN4O2. The van der Waals surface area contributed by atoms with E-state index in [9.17, 15) is 9.18 Å². The highest BCUT2D eigenvalue weighted by Gasteiger charge is 2.29. The molecule has 1 aliphatic rings. The maximum absolute atomic E-state index is 13.9. The van der Waals surface area contributed by atoms with Crippen LogP contribution in [0.5, 0.6) is 0 Å². The molecule has 134 valence electrons. The number of piperidine rings is 1. The van der Waals surface area contributed by atoms with Crippen molar-refractivity contribution in [2.75, 3.05) is 13.1 Å². The van der Waals surface area contributed by atoms with E-state index in [1.54, 1.807) is 23.1 Å². The molecule has 0 unspecified atom stereocenters. The van der Waals surface area contributed by atoms with Crippen molar-refractivity contribution in [2.24, 2.45) is 0 Å². The molecular weight excluding hydrogens is 323 g/mol. The molecule has 25 heavy (non-hydrogen) atoms. The van der Waals surface area contributed by atoms with Gasteiger partial charge in [0.2, 0.25) is 0 Å². The Balaban J connectivity index is 1.63. The molecule has 2 aromatic rings. The van der Waals surface area contributed by atoms with Gasteiger partial charge < -0.3 is 9.64 Å². The van der Waals surface area contributed by atoms with Gasteiger partial charge in [-0.15, -0.1) is 0 Å². The number of aromatic nitrogens is 3. The molecule has 7 heteroatoms. The van der Waals surface area contributed by atoms with Gasteiger partial charge in [0.05, 0.1) is 5.56 Å². The second-order valence-corrected chi connectivity index (χ2v) is 7.27. The topological polar surface area (TPSA) is 71.1 Å². The van der Waals surface area contributed by atoms with E-state index in [-0.39, 0.29) is 17.8 Å². The Kier molecular flexibility index (Phi) is 4.74. The summed E-state index contributed by atoms with van der Waals surface area (Å²) in [6.07, 6.45) is 1.26. The zero-order chi connectivity index (χ0) is 18.0. The molecule has 0 radical (unpaired) electrons. The molecule has 3 rings (SSSR count). The van der Waals surface area contributed by atoms with E-state index in [0.29, 0.717) is 24.5 Å². The Hall–Kier alpha value is -2.44.